The van der Waals surface area contributed by atoms with Crippen molar-refractivity contribution in [1.29, 1.82) is 0 Å². The van der Waals surface area contributed by atoms with Gasteiger partial charge in [-0.25, -0.2) is 8.78 Å². The second-order valence-corrected chi connectivity index (χ2v) is 5.94. The quantitative estimate of drug-likeness (QED) is 0.525. The Morgan fingerprint density at radius 1 is 1.11 bits per heavy atom. The van der Waals surface area contributed by atoms with E-state index in [-0.39, 0.29) is 33.7 Å². The Morgan fingerprint density at radius 3 is 2.71 bits per heavy atom. The van der Waals surface area contributed by atoms with Gasteiger partial charge in [0.25, 0.3) is 0 Å². The molecule has 8 heteroatoms. The van der Waals surface area contributed by atoms with Crippen LogP contribution in [0.5, 0.6) is 0 Å². The van der Waals surface area contributed by atoms with Crippen molar-refractivity contribution in [2.45, 2.75) is 6.23 Å². The largest absolute Gasteiger partial charge is 0.454 e. The van der Waals surface area contributed by atoms with Crippen molar-refractivity contribution in [2.75, 3.05) is 5.32 Å². The third-order valence-electron chi connectivity index (χ3n) is 4.13. The number of aliphatic hydroxyl groups excluding tert-OH is 1. The molecule has 4 rings (SSSR count). The summed E-state index contributed by atoms with van der Waals surface area (Å²) in [5.41, 5.74) is 0.0260. The van der Waals surface area contributed by atoms with Crippen LogP contribution in [0.2, 0.25) is 0 Å². The molecular weight excluding hydrogens is 368 g/mol. The van der Waals surface area contributed by atoms with Crippen LogP contribution in [0.4, 0.5) is 14.5 Å². The predicted octanol–water partition coefficient (Wildman–Crippen LogP) is 3.63. The lowest BCUT2D eigenvalue weighted by atomic mass is 10.1. The number of hydrogen-bond acceptors (Lipinski definition) is 6. The molecule has 140 valence electrons. The molecule has 0 aliphatic heterocycles. The minimum atomic E-state index is -1.22. The Kier molecular flexibility index (Phi) is 4.54. The molecule has 0 saturated heterocycles. The minimum Gasteiger partial charge on any atom is -0.454 e. The van der Waals surface area contributed by atoms with E-state index in [0.717, 1.165) is 12.1 Å². The highest BCUT2D eigenvalue weighted by Crippen LogP contribution is 2.30. The van der Waals surface area contributed by atoms with Gasteiger partial charge in [0.2, 0.25) is 0 Å². The lowest BCUT2D eigenvalue weighted by Crippen LogP contribution is -2.12. The third kappa shape index (κ3) is 3.21. The number of nitrogens with one attached hydrogen (secondary N) is 1. The fraction of sp³-hybridized carbons (Fsp3) is 0.0500. The van der Waals surface area contributed by atoms with E-state index >= 15 is 0 Å². The standard InChI is InChI=1S/C20H13F2N3O3/c21-13-5-1-4-12(18(13)22)17-9-16(26)11-3-2-6-14(19(11)28-17)25-20(27)15-10-23-7-8-24-15/h1-10,20,25,27H. The van der Waals surface area contributed by atoms with Crippen LogP contribution >= 0.6 is 0 Å². The maximum Gasteiger partial charge on any atom is 0.193 e. The summed E-state index contributed by atoms with van der Waals surface area (Å²) >= 11 is 0. The molecule has 2 aromatic heterocycles. The summed E-state index contributed by atoms with van der Waals surface area (Å²) in [4.78, 5) is 20.4. The molecule has 2 heterocycles. The highest BCUT2D eigenvalue weighted by atomic mass is 19.2. The van der Waals surface area contributed by atoms with Gasteiger partial charge in [0.15, 0.2) is 28.9 Å². The molecule has 1 unspecified atom stereocenters. The fourth-order valence-electron chi connectivity index (χ4n) is 2.79. The van der Waals surface area contributed by atoms with E-state index in [1.165, 1.54) is 36.8 Å². The van der Waals surface area contributed by atoms with Gasteiger partial charge in [-0.3, -0.25) is 14.8 Å². The number of hydrogen-bond donors (Lipinski definition) is 2. The summed E-state index contributed by atoms with van der Waals surface area (Å²) in [6.07, 6.45) is 3.05. The summed E-state index contributed by atoms with van der Waals surface area (Å²) in [5.74, 6) is -2.29. The van der Waals surface area contributed by atoms with Crippen LogP contribution in [0.25, 0.3) is 22.3 Å². The number of rotatable bonds is 4. The van der Waals surface area contributed by atoms with Crippen LogP contribution in [0.1, 0.15) is 11.9 Å². The molecule has 0 radical (unpaired) electrons. The van der Waals surface area contributed by atoms with Gasteiger partial charge in [0.1, 0.15) is 11.5 Å². The molecule has 4 aromatic rings. The lowest BCUT2D eigenvalue weighted by Gasteiger charge is -2.15. The summed E-state index contributed by atoms with van der Waals surface area (Å²) in [7, 11) is 0. The van der Waals surface area contributed by atoms with Gasteiger partial charge in [-0.2, -0.15) is 0 Å². The zero-order valence-electron chi connectivity index (χ0n) is 14.3. The van der Waals surface area contributed by atoms with Crippen LogP contribution in [-0.4, -0.2) is 15.1 Å². The van der Waals surface area contributed by atoms with E-state index in [1.807, 2.05) is 0 Å². The molecule has 0 bridgehead atoms. The number of aromatic nitrogens is 2. The first-order valence-corrected chi connectivity index (χ1v) is 8.26. The number of nitrogens with zero attached hydrogens (tertiary/aromatic N) is 2. The topological polar surface area (TPSA) is 88.2 Å². The molecule has 0 spiro atoms. The first kappa shape index (κ1) is 17.7. The summed E-state index contributed by atoms with van der Waals surface area (Å²) in [6.45, 7) is 0. The Labute approximate surface area is 157 Å². The van der Waals surface area contributed by atoms with Crippen molar-refractivity contribution in [3.8, 4) is 11.3 Å². The zero-order valence-corrected chi connectivity index (χ0v) is 14.3. The van der Waals surface area contributed by atoms with Crippen LogP contribution in [0.3, 0.4) is 0 Å². The zero-order chi connectivity index (χ0) is 19.7. The van der Waals surface area contributed by atoms with E-state index in [4.69, 9.17) is 4.42 Å². The second-order valence-electron chi connectivity index (χ2n) is 5.94. The summed E-state index contributed by atoms with van der Waals surface area (Å²) in [5, 5.41) is 13.3. The van der Waals surface area contributed by atoms with Gasteiger partial charge in [-0.05, 0) is 24.3 Å². The average Bonchev–Trinajstić information content (AvgIpc) is 2.71. The normalized spacial score (nSPS) is 12.1. The monoisotopic (exact) mass is 381 g/mol. The van der Waals surface area contributed by atoms with Crippen LogP contribution < -0.4 is 10.7 Å². The Hall–Kier alpha value is -3.65. The first-order valence-electron chi connectivity index (χ1n) is 8.26. The lowest BCUT2D eigenvalue weighted by molar-refractivity contribution is 0.203. The fourth-order valence-corrected chi connectivity index (χ4v) is 2.79. The maximum atomic E-state index is 14.1. The minimum absolute atomic E-state index is 0.0941. The first-order chi connectivity index (χ1) is 13.5. The predicted molar refractivity (Wildman–Crippen MR) is 98.5 cm³/mol. The maximum absolute atomic E-state index is 14.1. The molecule has 0 amide bonds. The molecule has 2 aromatic carbocycles. The molecule has 0 saturated carbocycles. The van der Waals surface area contributed by atoms with Gasteiger partial charge in [0.05, 0.1) is 22.8 Å². The summed E-state index contributed by atoms with van der Waals surface area (Å²) in [6, 6.07) is 9.43. The van der Waals surface area contributed by atoms with Gasteiger partial charge in [-0.1, -0.05) is 12.1 Å². The van der Waals surface area contributed by atoms with Crippen LogP contribution in [0.15, 0.2) is 70.3 Å². The van der Waals surface area contributed by atoms with Crippen molar-refractivity contribution in [1.82, 2.24) is 9.97 Å². The number of aliphatic hydroxyl groups is 1. The molecule has 0 aliphatic carbocycles. The van der Waals surface area contributed by atoms with E-state index < -0.39 is 23.3 Å². The van der Waals surface area contributed by atoms with E-state index in [9.17, 15) is 18.7 Å². The van der Waals surface area contributed by atoms with E-state index in [0.29, 0.717) is 0 Å². The highest BCUT2D eigenvalue weighted by molar-refractivity contribution is 5.89. The number of para-hydroxylation sites is 1. The van der Waals surface area contributed by atoms with Crippen molar-refractivity contribution >= 4 is 16.7 Å². The average molecular weight is 381 g/mol. The number of halogens is 2. The van der Waals surface area contributed by atoms with Gasteiger partial charge >= 0.3 is 0 Å². The molecule has 28 heavy (non-hydrogen) atoms. The Bertz CT molecular complexity index is 1210. The van der Waals surface area contributed by atoms with Crippen molar-refractivity contribution in [3.05, 3.63) is 88.6 Å². The number of anilines is 1. The molecule has 6 nitrogen and oxygen atoms in total. The van der Waals surface area contributed by atoms with Gasteiger partial charge in [0, 0.05) is 18.5 Å². The molecule has 0 fully saturated rings. The number of benzene rings is 2. The van der Waals surface area contributed by atoms with Crippen molar-refractivity contribution in [3.63, 3.8) is 0 Å². The van der Waals surface area contributed by atoms with Crippen LogP contribution in [0, 0.1) is 11.6 Å². The Morgan fingerprint density at radius 2 is 1.93 bits per heavy atom. The SMILES string of the molecule is O=c1cc(-c2cccc(F)c2F)oc2c(NC(O)c3cnccn3)cccc12. The smallest absolute Gasteiger partial charge is 0.193 e. The molecular formula is C20H13F2N3O3. The van der Waals surface area contributed by atoms with E-state index in [2.05, 4.69) is 15.3 Å². The van der Waals surface area contributed by atoms with Gasteiger partial charge < -0.3 is 14.8 Å². The summed E-state index contributed by atoms with van der Waals surface area (Å²) < 4.78 is 33.4. The van der Waals surface area contributed by atoms with Crippen molar-refractivity contribution in [2.24, 2.45) is 0 Å². The van der Waals surface area contributed by atoms with Gasteiger partial charge in [-0.15, -0.1) is 0 Å². The molecule has 0 aliphatic rings. The highest BCUT2D eigenvalue weighted by Gasteiger charge is 2.17. The molecule has 1 atom stereocenters. The third-order valence-corrected chi connectivity index (χ3v) is 4.13. The van der Waals surface area contributed by atoms with E-state index in [1.54, 1.807) is 12.1 Å². The molecule has 2 N–H and O–H groups in total. The second kappa shape index (κ2) is 7.16. The Balaban J connectivity index is 1.83. The number of fused-ring (bicyclic) bond motifs is 1. The van der Waals surface area contributed by atoms with Crippen molar-refractivity contribution < 1.29 is 18.3 Å². The van der Waals surface area contributed by atoms with Crippen LogP contribution in [-0.2, 0) is 0 Å².